The van der Waals surface area contributed by atoms with Crippen LogP contribution in [0.5, 0.6) is 0 Å². The third kappa shape index (κ3) is 3.83. The Morgan fingerprint density at radius 1 is 1.59 bits per heavy atom. The van der Waals surface area contributed by atoms with Crippen molar-refractivity contribution in [2.24, 2.45) is 5.73 Å². The van der Waals surface area contributed by atoms with Crippen LogP contribution in [0.1, 0.15) is 24.2 Å². The van der Waals surface area contributed by atoms with E-state index in [0.29, 0.717) is 13.0 Å². The molecule has 4 N–H and O–H groups in total. The molecule has 0 aliphatic heterocycles. The Morgan fingerprint density at radius 3 is 2.82 bits per heavy atom. The van der Waals surface area contributed by atoms with Crippen molar-refractivity contribution in [3.05, 3.63) is 11.4 Å². The van der Waals surface area contributed by atoms with Gasteiger partial charge in [-0.2, -0.15) is 5.10 Å². The number of amides is 1. The number of methoxy groups -OCH3 is 1. The molecule has 0 aromatic carbocycles. The van der Waals surface area contributed by atoms with E-state index < -0.39 is 6.04 Å². The number of hydrogen-bond acceptors (Lipinski definition) is 4. The lowest BCUT2D eigenvalue weighted by Crippen LogP contribution is -2.36. The molecule has 1 atom stereocenters. The predicted molar refractivity (Wildman–Crippen MR) is 65.8 cm³/mol. The van der Waals surface area contributed by atoms with E-state index in [1.807, 2.05) is 13.8 Å². The lowest BCUT2D eigenvalue weighted by atomic mass is 10.1. The number of rotatable bonds is 6. The van der Waals surface area contributed by atoms with Crippen molar-refractivity contribution >= 4 is 11.6 Å². The molecular formula is C11H20N4O2. The topological polar surface area (TPSA) is 93.0 Å². The first kappa shape index (κ1) is 13.7. The van der Waals surface area contributed by atoms with E-state index in [-0.39, 0.29) is 5.91 Å². The summed E-state index contributed by atoms with van der Waals surface area (Å²) >= 11 is 0. The molecule has 1 aromatic heterocycles. The van der Waals surface area contributed by atoms with Crippen molar-refractivity contribution in [3.63, 3.8) is 0 Å². The zero-order chi connectivity index (χ0) is 12.8. The minimum Gasteiger partial charge on any atom is -0.385 e. The van der Waals surface area contributed by atoms with Gasteiger partial charge in [0.25, 0.3) is 0 Å². The number of nitrogens with two attached hydrogens (primary N) is 1. The number of aromatic amines is 1. The van der Waals surface area contributed by atoms with E-state index in [1.165, 1.54) is 0 Å². The van der Waals surface area contributed by atoms with Gasteiger partial charge in [0, 0.05) is 13.7 Å². The molecule has 0 fully saturated rings. The third-order valence-electron chi connectivity index (χ3n) is 2.58. The van der Waals surface area contributed by atoms with Crippen molar-refractivity contribution in [3.8, 4) is 0 Å². The minimum absolute atomic E-state index is 0.186. The SMILES string of the molecule is COCCCC(N)C(=O)Nc1c(C)n[nH]c1C. The van der Waals surface area contributed by atoms with E-state index in [4.69, 9.17) is 10.5 Å². The summed E-state index contributed by atoms with van der Waals surface area (Å²) in [5.74, 6) is -0.186. The summed E-state index contributed by atoms with van der Waals surface area (Å²) in [4.78, 5) is 11.8. The van der Waals surface area contributed by atoms with Crippen LogP contribution in [0.15, 0.2) is 0 Å². The molecule has 1 rings (SSSR count). The van der Waals surface area contributed by atoms with Crippen LogP contribution >= 0.6 is 0 Å². The Balaban J connectivity index is 2.48. The van der Waals surface area contributed by atoms with Crippen LogP contribution in [-0.4, -0.2) is 35.9 Å². The molecule has 17 heavy (non-hydrogen) atoms. The number of aryl methyl sites for hydroxylation is 2. The minimum atomic E-state index is -0.515. The number of carbonyl (C=O) groups excluding carboxylic acids is 1. The normalized spacial score (nSPS) is 12.5. The Kier molecular flexibility index (Phi) is 5.11. The molecule has 0 bridgehead atoms. The maximum Gasteiger partial charge on any atom is 0.241 e. The smallest absolute Gasteiger partial charge is 0.241 e. The highest BCUT2D eigenvalue weighted by molar-refractivity contribution is 5.95. The molecule has 0 saturated heterocycles. The Bertz CT molecular complexity index is 356. The van der Waals surface area contributed by atoms with Gasteiger partial charge in [0.2, 0.25) is 5.91 Å². The molecule has 0 aliphatic carbocycles. The largest absolute Gasteiger partial charge is 0.385 e. The van der Waals surface area contributed by atoms with E-state index in [1.54, 1.807) is 7.11 Å². The standard InChI is InChI=1S/C11H20N4O2/c1-7-10(8(2)15-14-7)13-11(16)9(12)5-4-6-17-3/h9H,4-6,12H2,1-3H3,(H,13,16)(H,14,15). The first-order valence-corrected chi connectivity index (χ1v) is 5.63. The number of nitrogens with zero attached hydrogens (tertiary/aromatic N) is 1. The zero-order valence-corrected chi connectivity index (χ0v) is 10.5. The number of ether oxygens (including phenoxy) is 1. The average molecular weight is 240 g/mol. The summed E-state index contributed by atoms with van der Waals surface area (Å²) in [6, 6.07) is -0.515. The van der Waals surface area contributed by atoms with Crippen LogP contribution in [-0.2, 0) is 9.53 Å². The van der Waals surface area contributed by atoms with Gasteiger partial charge in [-0.05, 0) is 26.7 Å². The number of aromatic nitrogens is 2. The Morgan fingerprint density at radius 2 is 2.29 bits per heavy atom. The molecule has 96 valence electrons. The summed E-state index contributed by atoms with van der Waals surface area (Å²) in [6.07, 6.45) is 1.38. The van der Waals surface area contributed by atoms with Gasteiger partial charge in [-0.1, -0.05) is 0 Å². The van der Waals surface area contributed by atoms with E-state index in [9.17, 15) is 4.79 Å². The van der Waals surface area contributed by atoms with Gasteiger partial charge >= 0.3 is 0 Å². The highest BCUT2D eigenvalue weighted by Gasteiger charge is 2.16. The molecule has 0 saturated carbocycles. The van der Waals surface area contributed by atoms with Gasteiger partial charge in [0.1, 0.15) is 0 Å². The lowest BCUT2D eigenvalue weighted by molar-refractivity contribution is -0.117. The second kappa shape index (κ2) is 6.36. The van der Waals surface area contributed by atoms with Gasteiger partial charge in [-0.3, -0.25) is 9.89 Å². The van der Waals surface area contributed by atoms with Crippen LogP contribution in [0.3, 0.4) is 0 Å². The van der Waals surface area contributed by atoms with Gasteiger partial charge in [0.05, 0.1) is 23.1 Å². The maximum absolute atomic E-state index is 11.8. The van der Waals surface area contributed by atoms with Crippen LogP contribution in [0.25, 0.3) is 0 Å². The predicted octanol–water partition coefficient (Wildman–Crippen LogP) is 0.719. The second-order valence-electron chi connectivity index (χ2n) is 4.04. The third-order valence-corrected chi connectivity index (χ3v) is 2.58. The number of hydrogen-bond donors (Lipinski definition) is 3. The summed E-state index contributed by atoms with van der Waals surface area (Å²) in [5.41, 5.74) is 8.09. The van der Waals surface area contributed by atoms with Crippen molar-refractivity contribution in [1.82, 2.24) is 10.2 Å². The lowest BCUT2D eigenvalue weighted by Gasteiger charge is -2.12. The van der Waals surface area contributed by atoms with Gasteiger partial charge in [0.15, 0.2) is 0 Å². The van der Waals surface area contributed by atoms with Gasteiger partial charge in [-0.15, -0.1) is 0 Å². The van der Waals surface area contributed by atoms with Crippen LogP contribution in [0.4, 0.5) is 5.69 Å². The summed E-state index contributed by atoms with van der Waals surface area (Å²) in [7, 11) is 1.63. The first-order valence-electron chi connectivity index (χ1n) is 5.63. The fourth-order valence-electron chi connectivity index (χ4n) is 1.53. The first-order chi connectivity index (χ1) is 8.06. The highest BCUT2D eigenvalue weighted by atomic mass is 16.5. The van der Waals surface area contributed by atoms with Crippen LogP contribution in [0.2, 0.25) is 0 Å². The number of carbonyl (C=O) groups is 1. The molecule has 0 spiro atoms. The molecule has 6 nitrogen and oxygen atoms in total. The summed E-state index contributed by atoms with van der Waals surface area (Å²) in [6.45, 7) is 4.30. The van der Waals surface area contributed by atoms with Crippen molar-refractivity contribution in [1.29, 1.82) is 0 Å². The fourth-order valence-corrected chi connectivity index (χ4v) is 1.53. The van der Waals surface area contributed by atoms with E-state index in [2.05, 4.69) is 15.5 Å². The number of H-pyrrole nitrogens is 1. The number of nitrogens with one attached hydrogen (secondary N) is 2. The van der Waals surface area contributed by atoms with Crippen LogP contribution in [0, 0.1) is 13.8 Å². The van der Waals surface area contributed by atoms with Crippen molar-refractivity contribution < 1.29 is 9.53 Å². The van der Waals surface area contributed by atoms with Crippen molar-refractivity contribution in [2.45, 2.75) is 32.7 Å². The molecule has 1 unspecified atom stereocenters. The Hall–Kier alpha value is -1.40. The zero-order valence-electron chi connectivity index (χ0n) is 10.5. The molecule has 0 aliphatic rings. The number of anilines is 1. The molecule has 1 heterocycles. The van der Waals surface area contributed by atoms with E-state index in [0.717, 1.165) is 23.5 Å². The molecule has 0 radical (unpaired) electrons. The fraction of sp³-hybridized carbons (Fsp3) is 0.636. The molecule has 1 amide bonds. The van der Waals surface area contributed by atoms with Crippen LogP contribution < -0.4 is 11.1 Å². The van der Waals surface area contributed by atoms with E-state index >= 15 is 0 Å². The monoisotopic (exact) mass is 240 g/mol. The molecular weight excluding hydrogens is 220 g/mol. The second-order valence-corrected chi connectivity index (χ2v) is 4.04. The Labute approximate surface area is 101 Å². The summed E-state index contributed by atoms with van der Waals surface area (Å²) in [5, 5.41) is 9.60. The quantitative estimate of drug-likeness (QED) is 0.639. The van der Waals surface area contributed by atoms with Gasteiger partial charge < -0.3 is 15.8 Å². The maximum atomic E-state index is 11.8. The summed E-state index contributed by atoms with van der Waals surface area (Å²) < 4.78 is 4.91. The van der Waals surface area contributed by atoms with Crippen molar-refractivity contribution in [2.75, 3.05) is 19.0 Å². The molecule has 6 heteroatoms. The average Bonchev–Trinajstić information content (AvgIpc) is 2.61. The van der Waals surface area contributed by atoms with Gasteiger partial charge in [-0.25, -0.2) is 0 Å². The molecule has 1 aromatic rings. The highest BCUT2D eigenvalue weighted by Crippen LogP contribution is 2.16.